The van der Waals surface area contributed by atoms with Gasteiger partial charge in [-0.15, -0.1) is 0 Å². The van der Waals surface area contributed by atoms with E-state index in [1.807, 2.05) is 30.3 Å². The summed E-state index contributed by atoms with van der Waals surface area (Å²) in [6, 6.07) is 9.80. The Morgan fingerprint density at radius 1 is 0.647 bits per heavy atom. The third-order valence-corrected chi connectivity index (χ3v) is 22.4. The van der Waals surface area contributed by atoms with Gasteiger partial charge in [0.05, 0.1) is 37.9 Å². The van der Waals surface area contributed by atoms with Crippen LogP contribution in [0.5, 0.6) is 0 Å². The van der Waals surface area contributed by atoms with E-state index in [0.717, 1.165) is 24.7 Å². The normalized spacial score (nSPS) is 49.6. The monoisotopic (exact) mass is 1210 g/mol. The van der Waals surface area contributed by atoms with Gasteiger partial charge >= 0.3 is 11.9 Å². The molecular formula is C61H90O24. The number of carbonyl (C=O) groups excluding carboxylic acids is 2. The molecule has 28 atom stereocenters. The molecule has 4 saturated carbocycles. The third kappa shape index (κ3) is 11.3. The van der Waals surface area contributed by atoms with E-state index in [1.165, 1.54) is 5.57 Å². The van der Waals surface area contributed by atoms with Crippen LogP contribution in [0.1, 0.15) is 111 Å². The maximum atomic E-state index is 14.2. The highest BCUT2D eigenvalue weighted by atomic mass is 16.8. The summed E-state index contributed by atoms with van der Waals surface area (Å²) in [4.78, 5) is 41.0. The minimum absolute atomic E-state index is 0.0306. The number of allylic oxidation sites excluding steroid dienone is 2. The van der Waals surface area contributed by atoms with E-state index in [9.17, 15) is 75.7 Å². The number of aliphatic hydroxyl groups is 11. The number of fused-ring (bicyclic) bond motifs is 7. The van der Waals surface area contributed by atoms with Gasteiger partial charge in [0.15, 0.2) is 31.3 Å². The summed E-state index contributed by atoms with van der Waals surface area (Å²) in [5, 5.41) is 131. The number of benzene rings is 1. The maximum absolute atomic E-state index is 14.2. The Morgan fingerprint density at radius 2 is 1.31 bits per heavy atom. The van der Waals surface area contributed by atoms with Gasteiger partial charge in [0.2, 0.25) is 0 Å². The molecule has 0 spiro atoms. The van der Waals surface area contributed by atoms with Crippen molar-refractivity contribution in [1.82, 2.24) is 0 Å². The van der Waals surface area contributed by atoms with E-state index in [0.29, 0.717) is 44.9 Å². The van der Waals surface area contributed by atoms with Gasteiger partial charge in [-0.2, -0.15) is 0 Å². The predicted molar refractivity (Wildman–Crippen MR) is 292 cm³/mol. The first-order valence-electron chi connectivity index (χ1n) is 30.2. The van der Waals surface area contributed by atoms with Crippen molar-refractivity contribution in [2.75, 3.05) is 26.4 Å². The molecule has 478 valence electrons. The van der Waals surface area contributed by atoms with Gasteiger partial charge < -0.3 is 109 Å². The van der Waals surface area contributed by atoms with E-state index >= 15 is 0 Å². The lowest BCUT2D eigenvalue weighted by molar-refractivity contribution is -0.398. The molecule has 4 saturated heterocycles. The number of carboxylic acid groups (broad SMARTS) is 1. The van der Waals surface area contributed by atoms with Crippen LogP contribution in [0.2, 0.25) is 0 Å². The van der Waals surface area contributed by atoms with Crippen molar-refractivity contribution >= 4 is 18.2 Å². The Balaban J connectivity index is 0.942. The number of hydrogen-bond acceptors (Lipinski definition) is 23. The second-order valence-corrected chi connectivity index (χ2v) is 27.7. The zero-order valence-electron chi connectivity index (χ0n) is 49.2. The molecule has 0 amide bonds. The number of ether oxygens (including phenoxy) is 9. The smallest absolute Gasteiger partial charge is 0.335 e. The lowest BCUT2D eigenvalue weighted by Crippen LogP contribution is -2.69. The SMILES string of the molecule is CC1(C)C[C@H](OC(=O)CCc2ccccc2)[C@]2(CO)CC[C@]3(C)C(=CC[C@@H]4[C@@]5(C)CC[C@H](O[C@@H]6O[C@H](C(=O)O)[C@@H](O)[C@H](O[C@@H]7OC[C@@H](O)[C@H](O)[C@H]7O[C@@H]7OC[C@H](O)[C@H](O)[C@H]7O)[C@H]6O[C@@H]6O[C@H](CO)[C@@H](O)[C@H](O)[C@H]6O)[C@@](C)(C=O)[C@@H]5CC[C@]43C)[C@@H]2C1. The van der Waals surface area contributed by atoms with Crippen molar-refractivity contribution in [3.8, 4) is 0 Å². The molecule has 1 aromatic rings. The van der Waals surface area contributed by atoms with Crippen molar-refractivity contribution in [3.05, 3.63) is 47.5 Å². The van der Waals surface area contributed by atoms with Crippen LogP contribution >= 0.6 is 0 Å². The summed E-state index contributed by atoms with van der Waals surface area (Å²) >= 11 is 0. The summed E-state index contributed by atoms with van der Waals surface area (Å²) < 4.78 is 54.9. The molecule has 0 unspecified atom stereocenters. The molecule has 4 heterocycles. The average Bonchev–Trinajstić information content (AvgIpc) is 0.717. The van der Waals surface area contributed by atoms with Crippen LogP contribution in [-0.2, 0) is 63.4 Å². The van der Waals surface area contributed by atoms with Crippen LogP contribution in [0.15, 0.2) is 42.0 Å². The second kappa shape index (κ2) is 24.5. The summed E-state index contributed by atoms with van der Waals surface area (Å²) in [5.41, 5.74) is -1.07. The highest BCUT2D eigenvalue weighted by molar-refractivity contribution is 5.73. The number of esters is 1. The molecule has 9 aliphatic rings. The van der Waals surface area contributed by atoms with Crippen molar-refractivity contribution in [2.24, 2.45) is 50.2 Å². The van der Waals surface area contributed by atoms with Gasteiger partial charge in [-0.05, 0) is 109 Å². The first-order valence-corrected chi connectivity index (χ1v) is 30.2. The lowest BCUT2D eigenvalue weighted by atomic mass is 9.33. The van der Waals surface area contributed by atoms with Crippen molar-refractivity contribution in [1.29, 1.82) is 0 Å². The summed E-state index contributed by atoms with van der Waals surface area (Å²) in [6.45, 7) is 11.0. The number of carboxylic acids is 1. The van der Waals surface area contributed by atoms with Crippen molar-refractivity contribution in [3.63, 3.8) is 0 Å². The number of hydrogen-bond donors (Lipinski definition) is 12. The van der Waals surface area contributed by atoms with Gasteiger partial charge in [0.1, 0.15) is 91.7 Å². The van der Waals surface area contributed by atoms with Crippen LogP contribution in [0.3, 0.4) is 0 Å². The predicted octanol–water partition coefficient (Wildman–Crippen LogP) is 0.142. The number of aldehydes is 1. The first kappa shape index (κ1) is 64.8. The number of aryl methyl sites for hydroxylation is 1. The number of carbonyl (C=O) groups is 3. The summed E-state index contributed by atoms with van der Waals surface area (Å²) in [5.74, 6) is -2.39. The fourth-order valence-electron chi connectivity index (χ4n) is 17.3. The lowest BCUT2D eigenvalue weighted by Gasteiger charge is -2.71. The number of aliphatic carboxylic acids is 1. The largest absolute Gasteiger partial charge is 0.479 e. The minimum Gasteiger partial charge on any atom is -0.479 e. The maximum Gasteiger partial charge on any atom is 0.335 e. The van der Waals surface area contributed by atoms with Crippen LogP contribution in [0.4, 0.5) is 0 Å². The molecule has 8 fully saturated rings. The Morgan fingerprint density at radius 3 is 1.98 bits per heavy atom. The Kier molecular flexibility index (Phi) is 18.7. The van der Waals surface area contributed by atoms with E-state index in [4.69, 9.17) is 42.6 Å². The molecule has 10 rings (SSSR count). The molecule has 24 heteroatoms. The Labute approximate surface area is 494 Å². The van der Waals surface area contributed by atoms with Gasteiger partial charge in [-0.25, -0.2) is 4.79 Å². The first-order chi connectivity index (χ1) is 40.1. The van der Waals surface area contributed by atoms with Crippen molar-refractivity contribution in [2.45, 2.75) is 235 Å². The standard InChI is InChI=1S/C61H90O24/c1-56(2)22-31-30-13-14-36-57(3)18-17-37(58(4,27-63)35(57)16-19-60(36,6)59(30,5)20-21-61(31,28-64)38(23-56)80-39(67)15-12-29-10-8-7-9-11-29)81-55-50(85-53-45(73)43(71)42(70)34(24-62)79-53)47(46(74)48(83-55)51(75)76)82-54-49(41(69)33(66)26-78-54)84-52-44(72)40(68)32(65)25-77-52/h7-11,13,27,31-38,40-50,52-55,62,64-66,68-74H,12,14-26,28H2,1-6H3,(H,75,76)/t31-,32-,33+,34+,35+,36+,37-,38-,40-,41-,42+,43-,44+,45+,46-,47-,48-,49+,50+,52-,53-,54-,55+,57-,58-,59+,60+,61-/m0/s1. The average molecular weight is 1210 g/mol. The third-order valence-electron chi connectivity index (χ3n) is 22.4. The topological polar surface area (TPSA) is 377 Å². The van der Waals surface area contributed by atoms with Crippen LogP contribution in [0, 0.1) is 50.2 Å². The second-order valence-electron chi connectivity index (χ2n) is 27.7. The summed E-state index contributed by atoms with van der Waals surface area (Å²) in [7, 11) is 0. The van der Waals surface area contributed by atoms with E-state index in [2.05, 4.69) is 40.7 Å². The number of rotatable bonds is 16. The zero-order chi connectivity index (χ0) is 61.5. The highest BCUT2D eigenvalue weighted by Gasteiger charge is 2.71. The molecule has 1 aromatic carbocycles. The molecule has 12 N–H and O–H groups in total. The quantitative estimate of drug-likeness (QED) is 0.0453. The van der Waals surface area contributed by atoms with Gasteiger partial charge in [-0.1, -0.05) is 83.5 Å². The molecule has 0 bridgehead atoms. The van der Waals surface area contributed by atoms with E-state index < -0.39 is 165 Å². The molecular weight excluding hydrogens is 1120 g/mol. The molecule has 24 nitrogen and oxygen atoms in total. The molecule has 0 aromatic heterocycles. The molecule has 5 aliphatic carbocycles. The highest BCUT2D eigenvalue weighted by Crippen LogP contribution is 2.76. The Bertz CT molecular complexity index is 2550. The molecule has 0 radical (unpaired) electrons. The fourth-order valence-corrected chi connectivity index (χ4v) is 17.3. The van der Waals surface area contributed by atoms with Crippen molar-refractivity contribution < 1.29 is 118 Å². The fraction of sp³-hybridized carbons (Fsp3) is 0.820. The van der Waals surface area contributed by atoms with Crippen LogP contribution in [0.25, 0.3) is 0 Å². The van der Waals surface area contributed by atoms with E-state index in [-0.39, 0.29) is 59.4 Å². The van der Waals surface area contributed by atoms with Crippen LogP contribution in [-0.4, -0.2) is 229 Å². The van der Waals surface area contributed by atoms with E-state index in [1.54, 1.807) is 6.92 Å². The van der Waals surface area contributed by atoms with Gasteiger partial charge in [0, 0.05) is 11.8 Å². The number of aliphatic hydroxyl groups excluding tert-OH is 11. The van der Waals surface area contributed by atoms with Gasteiger partial charge in [0.25, 0.3) is 0 Å². The zero-order valence-corrected chi connectivity index (χ0v) is 49.2. The minimum atomic E-state index is -2.24. The van der Waals surface area contributed by atoms with Gasteiger partial charge in [-0.3, -0.25) is 4.79 Å². The molecule has 4 aliphatic heterocycles. The van der Waals surface area contributed by atoms with Crippen LogP contribution < -0.4 is 0 Å². The Hall–Kier alpha value is -3.19. The molecule has 85 heavy (non-hydrogen) atoms. The summed E-state index contributed by atoms with van der Waals surface area (Å²) in [6.07, 6.45) is -26.2.